The van der Waals surface area contributed by atoms with Crippen molar-refractivity contribution in [1.29, 1.82) is 0 Å². The second-order valence-electron chi connectivity index (χ2n) is 4.95. The van der Waals surface area contributed by atoms with E-state index in [-0.39, 0.29) is 17.5 Å². The molecular weight excluding hydrogens is 278 g/mol. The SMILES string of the molecule is CCOc1cccc2c1nc(N)n2C1CCS(=O)(=O)C1. The standard InChI is InChI=1S/C13H17N3O3S/c1-2-19-11-5-3-4-10-12(11)15-13(14)16(10)9-6-7-20(17,18)8-9/h3-5,9H,2,6-8H2,1H3,(H2,14,15). The zero-order chi connectivity index (χ0) is 14.3. The molecule has 0 saturated carbocycles. The molecule has 1 aliphatic heterocycles. The summed E-state index contributed by atoms with van der Waals surface area (Å²) in [7, 11) is -2.96. The minimum absolute atomic E-state index is 0.127. The van der Waals surface area contributed by atoms with Gasteiger partial charge in [0.15, 0.2) is 9.84 Å². The number of sulfone groups is 1. The number of rotatable bonds is 3. The maximum absolute atomic E-state index is 11.7. The molecule has 0 radical (unpaired) electrons. The number of hydrogen-bond donors (Lipinski definition) is 1. The fraction of sp³-hybridized carbons (Fsp3) is 0.462. The fourth-order valence-corrected chi connectivity index (χ4v) is 4.44. The Hall–Kier alpha value is -1.76. The van der Waals surface area contributed by atoms with Gasteiger partial charge in [0.1, 0.15) is 11.3 Å². The molecule has 20 heavy (non-hydrogen) atoms. The zero-order valence-corrected chi connectivity index (χ0v) is 12.1. The van der Waals surface area contributed by atoms with Gasteiger partial charge in [-0.1, -0.05) is 6.07 Å². The Morgan fingerprint density at radius 2 is 2.30 bits per heavy atom. The van der Waals surface area contributed by atoms with E-state index in [4.69, 9.17) is 10.5 Å². The van der Waals surface area contributed by atoms with Crippen molar-refractivity contribution in [1.82, 2.24) is 9.55 Å². The summed E-state index contributed by atoms with van der Waals surface area (Å²) in [5.74, 6) is 1.36. The highest BCUT2D eigenvalue weighted by molar-refractivity contribution is 7.91. The molecular formula is C13H17N3O3S. The first-order valence-electron chi connectivity index (χ1n) is 6.61. The Morgan fingerprint density at radius 3 is 2.95 bits per heavy atom. The normalized spacial score (nSPS) is 21.4. The van der Waals surface area contributed by atoms with Crippen molar-refractivity contribution >= 4 is 26.8 Å². The summed E-state index contributed by atoms with van der Waals surface area (Å²) in [5.41, 5.74) is 7.51. The summed E-state index contributed by atoms with van der Waals surface area (Å²) in [6, 6.07) is 5.47. The molecule has 2 heterocycles. The van der Waals surface area contributed by atoms with E-state index in [1.165, 1.54) is 0 Å². The topological polar surface area (TPSA) is 87.2 Å². The molecule has 1 aromatic heterocycles. The van der Waals surface area contributed by atoms with E-state index in [1.807, 2.05) is 29.7 Å². The Labute approximate surface area is 117 Å². The maximum Gasteiger partial charge on any atom is 0.201 e. The van der Waals surface area contributed by atoms with Crippen LogP contribution in [-0.2, 0) is 9.84 Å². The predicted molar refractivity (Wildman–Crippen MR) is 77.6 cm³/mol. The average molecular weight is 295 g/mol. The van der Waals surface area contributed by atoms with Gasteiger partial charge in [-0.3, -0.25) is 0 Å². The summed E-state index contributed by atoms with van der Waals surface area (Å²) in [6.07, 6.45) is 0.580. The quantitative estimate of drug-likeness (QED) is 0.924. The van der Waals surface area contributed by atoms with Crippen LogP contribution >= 0.6 is 0 Å². The molecule has 6 nitrogen and oxygen atoms in total. The number of fused-ring (bicyclic) bond motifs is 1. The van der Waals surface area contributed by atoms with Crippen molar-refractivity contribution in [2.24, 2.45) is 0 Å². The van der Waals surface area contributed by atoms with Crippen molar-refractivity contribution in [2.75, 3.05) is 23.8 Å². The number of benzene rings is 1. The van der Waals surface area contributed by atoms with Crippen LogP contribution in [0, 0.1) is 0 Å². The molecule has 1 aromatic carbocycles. The van der Waals surface area contributed by atoms with Crippen LogP contribution in [-0.4, -0.2) is 36.1 Å². The zero-order valence-electron chi connectivity index (χ0n) is 11.2. The van der Waals surface area contributed by atoms with E-state index < -0.39 is 9.84 Å². The van der Waals surface area contributed by atoms with Crippen molar-refractivity contribution in [3.8, 4) is 5.75 Å². The van der Waals surface area contributed by atoms with Gasteiger partial charge >= 0.3 is 0 Å². The van der Waals surface area contributed by atoms with Crippen molar-refractivity contribution < 1.29 is 13.2 Å². The molecule has 3 rings (SSSR count). The van der Waals surface area contributed by atoms with E-state index in [1.54, 1.807) is 0 Å². The maximum atomic E-state index is 11.7. The second-order valence-corrected chi connectivity index (χ2v) is 7.18. The van der Waals surface area contributed by atoms with Gasteiger partial charge in [0.25, 0.3) is 0 Å². The van der Waals surface area contributed by atoms with Crippen LogP contribution in [0.15, 0.2) is 18.2 Å². The average Bonchev–Trinajstić information content (AvgIpc) is 2.89. The van der Waals surface area contributed by atoms with E-state index in [2.05, 4.69) is 4.98 Å². The van der Waals surface area contributed by atoms with Gasteiger partial charge in [0, 0.05) is 0 Å². The third kappa shape index (κ3) is 2.11. The lowest BCUT2D eigenvalue weighted by atomic mass is 10.2. The molecule has 2 aromatic rings. The molecule has 108 valence electrons. The van der Waals surface area contributed by atoms with Crippen LogP contribution < -0.4 is 10.5 Å². The molecule has 0 aliphatic carbocycles. The number of imidazole rings is 1. The largest absolute Gasteiger partial charge is 0.492 e. The van der Waals surface area contributed by atoms with E-state index in [0.717, 1.165) is 5.52 Å². The smallest absolute Gasteiger partial charge is 0.201 e. The highest BCUT2D eigenvalue weighted by Gasteiger charge is 2.31. The molecule has 1 saturated heterocycles. The van der Waals surface area contributed by atoms with Gasteiger partial charge in [-0.05, 0) is 25.5 Å². The number of aromatic nitrogens is 2. The number of nitrogen functional groups attached to an aromatic ring is 1. The number of nitrogens with zero attached hydrogens (tertiary/aromatic N) is 2. The number of para-hydroxylation sites is 1. The molecule has 1 fully saturated rings. The Morgan fingerprint density at radius 1 is 1.50 bits per heavy atom. The van der Waals surface area contributed by atoms with Crippen molar-refractivity contribution in [2.45, 2.75) is 19.4 Å². The summed E-state index contributed by atoms with van der Waals surface area (Å²) in [5, 5.41) is 0. The lowest BCUT2D eigenvalue weighted by Gasteiger charge is -2.13. The number of hydrogen-bond acceptors (Lipinski definition) is 5. The molecule has 0 amide bonds. The fourth-order valence-electron chi connectivity index (χ4n) is 2.74. The number of anilines is 1. The van der Waals surface area contributed by atoms with E-state index >= 15 is 0 Å². The second kappa shape index (κ2) is 4.66. The highest BCUT2D eigenvalue weighted by Crippen LogP contribution is 2.33. The molecule has 1 aliphatic rings. The van der Waals surface area contributed by atoms with Gasteiger partial charge in [0.05, 0.1) is 29.7 Å². The Kier molecular flexibility index (Phi) is 3.08. The summed E-state index contributed by atoms with van der Waals surface area (Å²) in [6.45, 7) is 2.45. The highest BCUT2D eigenvalue weighted by atomic mass is 32.2. The first kappa shape index (κ1) is 13.2. The first-order valence-corrected chi connectivity index (χ1v) is 8.43. The van der Waals surface area contributed by atoms with Crippen LogP contribution in [0.5, 0.6) is 5.75 Å². The van der Waals surface area contributed by atoms with Gasteiger partial charge < -0.3 is 15.0 Å². The summed E-state index contributed by atoms with van der Waals surface area (Å²) >= 11 is 0. The number of ether oxygens (including phenoxy) is 1. The van der Waals surface area contributed by atoms with Crippen LogP contribution in [0.3, 0.4) is 0 Å². The van der Waals surface area contributed by atoms with Gasteiger partial charge in [0.2, 0.25) is 5.95 Å². The van der Waals surface area contributed by atoms with Crippen LogP contribution in [0.4, 0.5) is 5.95 Å². The molecule has 7 heteroatoms. The molecule has 1 unspecified atom stereocenters. The van der Waals surface area contributed by atoms with Crippen LogP contribution in [0.25, 0.3) is 11.0 Å². The van der Waals surface area contributed by atoms with E-state index in [9.17, 15) is 8.42 Å². The van der Waals surface area contributed by atoms with Gasteiger partial charge in [-0.15, -0.1) is 0 Å². The Balaban J connectivity index is 2.12. The van der Waals surface area contributed by atoms with Crippen LogP contribution in [0.1, 0.15) is 19.4 Å². The Bertz CT molecular complexity index is 752. The van der Waals surface area contributed by atoms with Gasteiger partial charge in [-0.25, -0.2) is 13.4 Å². The minimum Gasteiger partial charge on any atom is -0.492 e. The summed E-state index contributed by atoms with van der Waals surface area (Å²) in [4.78, 5) is 4.34. The third-order valence-corrected chi connectivity index (χ3v) is 5.33. The number of nitrogens with two attached hydrogens (primary N) is 1. The third-order valence-electron chi connectivity index (χ3n) is 3.58. The summed E-state index contributed by atoms with van der Waals surface area (Å²) < 4.78 is 30.7. The predicted octanol–water partition coefficient (Wildman–Crippen LogP) is 1.38. The molecule has 0 bridgehead atoms. The lowest BCUT2D eigenvalue weighted by molar-refractivity contribution is 0.343. The molecule has 1 atom stereocenters. The van der Waals surface area contributed by atoms with Gasteiger partial charge in [-0.2, -0.15) is 0 Å². The lowest BCUT2D eigenvalue weighted by Crippen LogP contribution is -2.13. The van der Waals surface area contributed by atoms with Crippen LogP contribution in [0.2, 0.25) is 0 Å². The van der Waals surface area contributed by atoms with Crippen molar-refractivity contribution in [3.05, 3.63) is 18.2 Å². The minimum atomic E-state index is -2.96. The first-order chi connectivity index (χ1) is 9.52. The molecule has 2 N–H and O–H groups in total. The molecule has 0 spiro atoms. The van der Waals surface area contributed by atoms with E-state index in [0.29, 0.717) is 30.2 Å². The van der Waals surface area contributed by atoms with Crippen molar-refractivity contribution in [3.63, 3.8) is 0 Å². The monoisotopic (exact) mass is 295 g/mol.